The van der Waals surface area contributed by atoms with E-state index in [9.17, 15) is 0 Å². The molecule has 27 heavy (non-hydrogen) atoms. The van der Waals surface area contributed by atoms with Gasteiger partial charge in [0.1, 0.15) is 5.82 Å². The second-order valence-corrected chi connectivity index (χ2v) is 8.18. The van der Waals surface area contributed by atoms with Crippen LogP contribution in [0.5, 0.6) is 0 Å². The summed E-state index contributed by atoms with van der Waals surface area (Å²) >= 11 is 5.86. The van der Waals surface area contributed by atoms with E-state index >= 15 is 0 Å². The molecule has 0 amide bonds. The Morgan fingerprint density at radius 3 is 2.70 bits per heavy atom. The Bertz CT molecular complexity index is 942. The van der Waals surface area contributed by atoms with Crippen LogP contribution in [0.15, 0.2) is 42.6 Å². The Balaban J connectivity index is 1.11. The smallest absolute Gasteiger partial charge is 0.123 e. The van der Waals surface area contributed by atoms with Gasteiger partial charge in [0, 0.05) is 26.3 Å². The third-order valence-electron chi connectivity index (χ3n) is 6.04. The molecular formula is C21H23ClN4O. The van der Waals surface area contributed by atoms with Crippen LogP contribution >= 0.6 is 11.6 Å². The molecule has 1 saturated heterocycles. The van der Waals surface area contributed by atoms with Crippen molar-refractivity contribution in [2.45, 2.75) is 13.2 Å². The van der Waals surface area contributed by atoms with E-state index in [1.165, 1.54) is 5.52 Å². The summed E-state index contributed by atoms with van der Waals surface area (Å²) in [6, 6.07) is 12.1. The van der Waals surface area contributed by atoms with Crippen molar-refractivity contribution in [3.63, 3.8) is 0 Å². The maximum atomic E-state index is 5.89. The van der Waals surface area contributed by atoms with E-state index in [0.29, 0.717) is 17.5 Å². The Labute approximate surface area is 163 Å². The summed E-state index contributed by atoms with van der Waals surface area (Å²) in [5.41, 5.74) is 3.23. The number of pyridine rings is 1. The number of aryl methyl sites for hydroxylation is 1. The van der Waals surface area contributed by atoms with Crippen LogP contribution in [-0.2, 0) is 24.9 Å². The molecule has 5 nitrogen and oxygen atoms in total. The lowest BCUT2D eigenvalue weighted by Crippen LogP contribution is -2.26. The summed E-state index contributed by atoms with van der Waals surface area (Å²) in [5, 5.41) is 0.663. The molecule has 5 rings (SSSR count). The lowest BCUT2D eigenvalue weighted by atomic mass is 10.2. The van der Waals surface area contributed by atoms with Gasteiger partial charge in [-0.25, -0.2) is 4.98 Å². The molecule has 3 heterocycles. The van der Waals surface area contributed by atoms with Crippen LogP contribution in [0.2, 0.25) is 5.02 Å². The van der Waals surface area contributed by atoms with Crippen molar-refractivity contribution in [2.75, 3.05) is 19.7 Å². The number of hydrogen-bond acceptors (Lipinski definition) is 4. The van der Waals surface area contributed by atoms with Crippen molar-refractivity contribution in [3.8, 4) is 0 Å². The minimum atomic E-state index is 0.566. The fraction of sp³-hybridized carbons (Fsp3) is 0.429. The molecule has 2 unspecified atom stereocenters. The summed E-state index contributed by atoms with van der Waals surface area (Å²) in [6.45, 7) is 4.64. The van der Waals surface area contributed by atoms with Gasteiger partial charge in [-0.3, -0.25) is 9.88 Å². The summed E-state index contributed by atoms with van der Waals surface area (Å²) in [7, 11) is 2.11. The monoisotopic (exact) mass is 382 g/mol. The number of hydrogen-bond donors (Lipinski definition) is 0. The predicted molar refractivity (Wildman–Crippen MR) is 105 cm³/mol. The second kappa shape index (κ2) is 6.89. The minimum Gasteiger partial charge on any atom is -0.375 e. The lowest BCUT2D eigenvalue weighted by molar-refractivity contribution is 0.0945. The molecule has 1 aliphatic carbocycles. The average Bonchev–Trinajstić information content (AvgIpc) is 3.00. The third kappa shape index (κ3) is 3.35. The standard InChI is InChI=1S/C21H23ClN4O/c1-25-20-5-3-2-4-19(20)24-21(25)11-26-9-16-17(10-26)18(16)13-27-12-15-7-6-14(22)8-23-15/h2-8,16-18H,9-13H2,1H3. The largest absolute Gasteiger partial charge is 0.375 e. The van der Waals surface area contributed by atoms with Gasteiger partial charge in [0.05, 0.1) is 41.5 Å². The number of likely N-dealkylation sites (tertiary alicyclic amines) is 1. The molecule has 2 aromatic heterocycles. The summed E-state index contributed by atoms with van der Waals surface area (Å²) in [5.74, 6) is 3.41. The van der Waals surface area contributed by atoms with Crippen LogP contribution in [0.4, 0.5) is 0 Å². The van der Waals surface area contributed by atoms with E-state index < -0.39 is 0 Å². The number of rotatable bonds is 6. The molecule has 3 aromatic rings. The van der Waals surface area contributed by atoms with E-state index in [-0.39, 0.29) is 0 Å². The number of fused-ring (bicyclic) bond motifs is 2. The number of benzene rings is 1. The molecule has 6 heteroatoms. The normalized spacial score (nSPS) is 24.4. The van der Waals surface area contributed by atoms with E-state index in [1.54, 1.807) is 6.20 Å². The Morgan fingerprint density at radius 1 is 1.15 bits per heavy atom. The first kappa shape index (κ1) is 17.2. The Hall–Kier alpha value is -1.95. The zero-order valence-corrected chi connectivity index (χ0v) is 16.1. The van der Waals surface area contributed by atoms with Crippen LogP contribution < -0.4 is 0 Å². The average molecular weight is 383 g/mol. The number of aromatic nitrogens is 3. The molecule has 1 aliphatic heterocycles. The van der Waals surface area contributed by atoms with Crippen molar-refractivity contribution in [2.24, 2.45) is 24.8 Å². The lowest BCUT2D eigenvalue weighted by Gasteiger charge is -2.19. The van der Waals surface area contributed by atoms with Crippen molar-refractivity contribution < 1.29 is 4.74 Å². The van der Waals surface area contributed by atoms with E-state index in [2.05, 4.69) is 39.7 Å². The molecule has 2 aliphatic rings. The van der Waals surface area contributed by atoms with E-state index in [0.717, 1.165) is 55.1 Å². The van der Waals surface area contributed by atoms with Crippen LogP contribution in [0.1, 0.15) is 11.5 Å². The van der Waals surface area contributed by atoms with Gasteiger partial charge in [-0.2, -0.15) is 0 Å². The number of para-hydroxylation sites is 2. The molecule has 0 N–H and O–H groups in total. The maximum absolute atomic E-state index is 5.89. The third-order valence-corrected chi connectivity index (χ3v) is 6.26. The topological polar surface area (TPSA) is 43.2 Å². The first-order valence-electron chi connectivity index (χ1n) is 9.50. The Morgan fingerprint density at radius 2 is 1.96 bits per heavy atom. The van der Waals surface area contributed by atoms with Gasteiger partial charge in [0.25, 0.3) is 0 Å². The number of imidazole rings is 1. The van der Waals surface area contributed by atoms with Gasteiger partial charge in [-0.15, -0.1) is 0 Å². The second-order valence-electron chi connectivity index (χ2n) is 7.74. The molecule has 1 aromatic carbocycles. The zero-order chi connectivity index (χ0) is 18.4. The van der Waals surface area contributed by atoms with Gasteiger partial charge < -0.3 is 9.30 Å². The van der Waals surface area contributed by atoms with Crippen LogP contribution in [0, 0.1) is 17.8 Å². The fourth-order valence-corrected chi connectivity index (χ4v) is 4.55. The van der Waals surface area contributed by atoms with Gasteiger partial charge >= 0.3 is 0 Å². The molecule has 2 fully saturated rings. The van der Waals surface area contributed by atoms with Gasteiger partial charge in [0.2, 0.25) is 0 Å². The Kier molecular flexibility index (Phi) is 4.38. The molecule has 0 spiro atoms. The molecule has 0 radical (unpaired) electrons. The summed E-state index contributed by atoms with van der Waals surface area (Å²) in [4.78, 5) is 11.6. The molecule has 2 atom stereocenters. The highest BCUT2D eigenvalue weighted by Gasteiger charge is 2.55. The maximum Gasteiger partial charge on any atom is 0.123 e. The van der Waals surface area contributed by atoms with Gasteiger partial charge in [-0.05, 0) is 42.0 Å². The number of nitrogens with zero attached hydrogens (tertiary/aromatic N) is 4. The van der Waals surface area contributed by atoms with E-state index in [1.807, 2.05) is 18.2 Å². The molecule has 1 saturated carbocycles. The highest BCUT2D eigenvalue weighted by atomic mass is 35.5. The van der Waals surface area contributed by atoms with Crippen LogP contribution in [0.3, 0.4) is 0 Å². The molecule has 0 bridgehead atoms. The highest BCUT2D eigenvalue weighted by Crippen LogP contribution is 2.52. The number of halogens is 1. The van der Waals surface area contributed by atoms with Crippen molar-refractivity contribution >= 4 is 22.6 Å². The summed E-state index contributed by atoms with van der Waals surface area (Å²) in [6.07, 6.45) is 1.67. The highest BCUT2D eigenvalue weighted by molar-refractivity contribution is 6.30. The first-order chi connectivity index (χ1) is 13.2. The van der Waals surface area contributed by atoms with Gasteiger partial charge in [0.15, 0.2) is 0 Å². The van der Waals surface area contributed by atoms with Crippen molar-refractivity contribution in [1.29, 1.82) is 0 Å². The zero-order valence-electron chi connectivity index (χ0n) is 15.4. The van der Waals surface area contributed by atoms with Crippen LogP contribution in [0.25, 0.3) is 11.0 Å². The van der Waals surface area contributed by atoms with Crippen molar-refractivity contribution in [3.05, 3.63) is 59.1 Å². The SMILES string of the molecule is Cn1c(CN2CC3C(COCc4ccc(Cl)cn4)C3C2)nc2ccccc21. The predicted octanol–water partition coefficient (Wildman–Crippen LogP) is 3.52. The fourth-order valence-electron chi connectivity index (χ4n) is 4.44. The van der Waals surface area contributed by atoms with Crippen molar-refractivity contribution in [1.82, 2.24) is 19.4 Å². The van der Waals surface area contributed by atoms with Crippen LogP contribution in [-0.4, -0.2) is 39.1 Å². The quantitative estimate of drug-likeness (QED) is 0.654. The molecule has 140 valence electrons. The minimum absolute atomic E-state index is 0.566. The first-order valence-corrected chi connectivity index (χ1v) is 9.87. The number of piperidine rings is 1. The molecular weight excluding hydrogens is 360 g/mol. The summed E-state index contributed by atoms with van der Waals surface area (Å²) < 4.78 is 8.11. The van der Waals surface area contributed by atoms with Gasteiger partial charge in [-0.1, -0.05) is 23.7 Å². The van der Waals surface area contributed by atoms with E-state index in [4.69, 9.17) is 21.3 Å². The number of ether oxygens (including phenoxy) is 1.